The molecular formula is C8H8N3. The summed E-state index contributed by atoms with van der Waals surface area (Å²) in [5.74, 6) is 0.794. The van der Waals surface area contributed by atoms with Crippen LogP contribution < -0.4 is 11.1 Å². The topological polar surface area (TPSA) is 53.0 Å². The Hall–Kier alpha value is -1.35. The molecule has 0 saturated carbocycles. The minimum Gasteiger partial charge on any atom is -0.326 e. The van der Waals surface area contributed by atoms with Gasteiger partial charge in [-0.2, -0.15) is 0 Å². The van der Waals surface area contributed by atoms with Crippen molar-refractivity contribution in [2.75, 3.05) is 0 Å². The van der Waals surface area contributed by atoms with E-state index in [0.29, 0.717) is 6.54 Å². The van der Waals surface area contributed by atoms with Crippen LogP contribution >= 0.6 is 0 Å². The lowest BCUT2D eigenvalue weighted by Crippen LogP contribution is -1.98. The largest absolute Gasteiger partial charge is 0.326 e. The lowest BCUT2D eigenvalue weighted by molar-refractivity contribution is 1.03. The van der Waals surface area contributed by atoms with Gasteiger partial charge in [-0.3, -0.25) is 0 Å². The van der Waals surface area contributed by atoms with Crippen LogP contribution in [0.25, 0.3) is 6.08 Å². The van der Waals surface area contributed by atoms with Gasteiger partial charge < -0.3 is 5.73 Å². The van der Waals surface area contributed by atoms with Gasteiger partial charge in [0.05, 0.1) is 0 Å². The molecule has 0 unspecified atom stereocenters. The van der Waals surface area contributed by atoms with Gasteiger partial charge in [-0.1, -0.05) is 0 Å². The third-order valence-electron chi connectivity index (χ3n) is 1.64. The highest BCUT2D eigenvalue weighted by Crippen LogP contribution is 2.20. The van der Waals surface area contributed by atoms with Crippen LogP contribution in [0.4, 0.5) is 5.82 Å². The van der Waals surface area contributed by atoms with Crippen LogP contribution in [-0.4, -0.2) is 4.98 Å². The molecule has 0 spiro atoms. The monoisotopic (exact) mass is 146 g/mol. The molecule has 1 aliphatic heterocycles. The minimum atomic E-state index is 0.536. The van der Waals surface area contributed by atoms with Gasteiger partial charge in [0.1, 0.15) is 0 Å². The molecule has 0 bridgehead atoms. The third kappa shape index (κ3) is 0.991. The first-order valence-corrected chi connectivity index (χ1v) is 3.46. The quantitative estimate of drug-likeness (QED) is 0.636. The molecule has 0 saturated heterocycles. The second kappa shape index (κ2) is 2.36. The zero-order valence-corrected chi connectivity index (χ0v) is 5.99. The molecule has 3 heteroatoms. The summed E-state index contributed by atoms with van der Waals surface area (Å²) in [6.45, 7) is 0.536. The van der Waals surface area contributed by atoms with E-state index in [4.69, 9.17) is 5.73 Å². The predicted molar refractivity (Wildman–Crippen MR) is 43.0 cm³/mol. The Morgan fingerprint density at radius 2 is 2.36 bits per heavy atom. The molecule has 0 aliphatic carbocycles. The Labute approximate surface area is 64.9 Å². The second-order valence-electron chi connectivity index (χ2n) is 2.41. The van der Waals surface area contributed by atoms with E-state index >= 15 is 0 Å². The van der Waals surface area contributed by atoms with Gasteiger partial charge in [-0.25, -0.2) is 10.3 Å². The summed E-state index contributed by atoms with van der Waals surface area (Å²) in [6.07, 6.45) is 5.44. The molecule has 11 heavy (non-hydrogen) atoms. The van der Waals surface area contributed by atoms with E-state index in [2.05, 4.69) is 10.3 Å². The maximum absolute atomic E-state index is 5.45. The van der Waals surface area contributed by atoms with Gasteiger partial charge >= 0.3 is 0 Å². The van der Waals surface area contributed by atoms with Crippen LogP contribution in [0, 0.1) is 0 Å². The molecule has 1 radical (unpaired) electrons. The van der Waals surface area contributed by atoms with Gasteiger partial charge in [0, 0.05) is 24.5 Å². The Balaban J connectivity index is 2.47. The summed E-state index contributed by atoms with van der Waals surface area (Å²) >= 11 is 0. The first-order valence-electron chi connectivity index (χ1n) is 3.46. The molecule has 55 valence electrons. The van der Waals surface area contributed by atoms with Crippen molar-refractivity contribution in [3.05, 3.63) is 29.6 Å². The van der Waals surface area contributed by atoms with Crippen molar-refractivity contribution in [3.63, 3.8) is 0 Å². The first kappa shape index (κ1) is 6.37. The number of nitrogens with two attached hydrogens (primary N) is 1. The normalized spacial score (nSPS) is 12.8. The van der Waals surface area contributed by atoms with Crippen LogP contribution in [0.5, 0.6) is 0 Å². The molecule has 1 aromatic heterocycles. The van der Waals surface area contributed by atoms with Crippen molar-refractivity contribution in [2.24, 2.45) is 5.73 Å². The van der Waals surface area contributed by atoms with Crippen molar-refractivity contribution in [3.8, 4) is 0 Å². The SMILES string of the molecule is NCc1cnc2c(c1)C=C[N]2. The number of fused-ring (bicyclic) bond motifs is 1. The van der Waals surface area contributed by atoms with Crippen molar-refractivity contribution >= 4 is 11.9 Å². The Morgan fingerprint density at radius 3 is 3.18 bits per heavy atom. The summed E-state index contributed by atoms with van der Waals surface area (Å²) in [5.41, 5.74) is 7.56. The Bertz CT molecular complexity index is 304. The molecular weight excluding hydrogens is 138 g/mol. The maximum atomic E-state index is 5.45. The average Bonchev–Trinajstić information content (AvgIpc) is 2.50. The Morgan fingerprint density at radius 1 is 1.45 bits per heavy atom. The van der Waals surface area contributed by atoms with E-state index in [1.54, 1.807) is 12.4 Å². The van der Waals surface area contributed by atoms with Gasteiger partial charge in [-0.05, 0) is 17.7 Å². The number of hydrogen-bond acceptors (Lipinski definition) is 2. The van der Waals surface area contributed by atoms with Crippen molar-refractivity contribution < 1.29 is 0 Å². The molecule has 1 aromatic rings. The zero-order valence-electron chi connectivity index (χ0n) is 5.99. The lowest BCUT2D eigenvalue weighted by atomic mass is 10.2. The van der Waals surface area contributed by atoms with Crippen molar-refractivity contribution in [1.29, 1.82) is 0 Å². The van der Waals surface area contributed by atoms with Crippen LogP contribution in [0.15, 0.2) is 18.5 Å². The van der Waals surface area contributed by atoms with Crippen LogP contribution in [-0.2, 0) is 6.54 Å². The van der Waals surface area contributed by atoms with E-state index < -0.39 is 0 Å². The molecule has 0 aromatic carbocycles. The lowest BCUT2D eigenvalue weighted by Gasteiger charge is -1.98. The van der Waals surface area contributed by atoms with Crippen molar-refractivity contribution in [1.82, 2.24) is 10.3 Å². The Kier molecular flexibility index (Phi) is 1.36. The van der Waals surface area contributed by atoms with E-state index in [9.17, 15) is 0 Å². The number of aromatic nitrogens is 1. The highest BCUT2D eigenvalue weighted by molar-refractivity contribution is 5.65. The molecule has 2 rings (SSSR count). The van der Waals surface area contributed by atoms with E-state index in [1.165, 1.54) is 0 Å². The number of pyridine rings is 1. The summed E-state index contributed by atoms with van der Waals surface area (Å²) in [4.78, 5) is 4.12. The van der Waals surface area contributed by atoms with E-state index in [0.717, 1.165) is 16.9 Å². The summed E-state index contributed by atoms with van der Waals surface area (Å²) in [5, 5.41) is 4.04. The molecule has 0 fully saturated rings. The molecule has 3 nitrogen and oxygen atoms in total. The highest BCUT2D eigenvalue weighted by atomic mass is 15.0. The van der Waals surface area contributed by atoms with Gasteiger partial charge in [0.15, 0.2) is 5.82 Å². The van der Waals surface area contributed by atoms with Crippen LogP contribution in [0.2, 0.25) is 0 Å². The fourth-order valence-electron chi connectivity index (χ4n) is 1.05. The van der Waals surface area contributed by atoms with Gasteiger partial charge in [-0.15, -0.1) is 0 Å². The standard InChI is InChI=1S/C8H8N3/c9-4-6-3-7-1-2-10-8(7)11-5-6/h1-3,5H,4,9H2. The van der Waals surface area contributed by atoms with Crippen molar-refractivity contribution in [2.45, 2.75) is 6.54 Å². The summed E-state index contributed by atoms with van der Waals surface area (Å²) < 4.78 is 0. The number of nitrogens with zero attached hydrogens (tertiary/aromatic N) is 2. The fourth-order valence-corrected chi connectivity index (χ4v) is 1.05. The summed E-state index contributed by atoms with van der Waals surface area (Å²) in [7, 11) is 0. The first-order chi connectivity index (χ1) is 5.40. The van der Waals surface area contributed by atoms with Gasteiger partial charge in [0.25, 0.3) is 0 Å². The number of hydrogen-bond donors (Lipinski definition) is 1. The zero-order chi connectivity index (χ0) is 7.68. The highest BCUT2D eigenvalue weighted by Gasteiger charge is 2.06. The van der Waals surface area contributed by atoms with E-state index in [1.807, 2.05) is 12.1 Å². The maximum Gasteiger partial charge on any atom is 0.159 e. The average molecular weight is 146 g/mol. The van der Waals surface area contributed by atoms with Gasteiger partial charge in [0.2, 0.25) is 0 Å². The molecule has 2 N–H and O–H groups in total. The van der Waals surface area contributed by atoms with Crippen LogP contribution in [0.3, 0.4) is 0 Å². The summed E-state index contributed by atoms with van der Waals surface area (Å²) in [6, 6.07) is 2.01. The molecule has 2 heterocycles. The number of rotatable bonds is 1. The van der Waals surface area contributed by atoms with Crippen LogP contribution in [0.1, 0.15) is 11.1 Å². The fraction of sp³-hybridized carbons (Fsp3) is 0.125. The minimum absolute atomic E-state index is 0.536. The predicted octanol–water partition coefficient (Wildman–Crippen LogP) is 0.760. The second-order valence-corrected chi connectivity index (χ2v) is 2.41. The molecule has 0 atom stereocenters. The molecule has 0 amide bonds. The van der Waals surface area contributed by atoms with E-state index in [-0.39, 0.29) is 0 Å². The third-order valence-corrected chi connectivity index (χ3v) is 1.64. The smallest absolute Gasteiger partial charge is 0.159 e. The molecule has 1 aliphatic rings.